The smallest absolute Gasteiger partial charge is 0.255 e. The standard InChI is InChI=1S/C18H25ClN6O/c1-18(2,3)25-15(22-12-23-25)11-21-16-14(19)9-13(10-20-16)17(26)24-7-5-4-6-8-24/h9-10,12H,4-8,11H2,1-3H3,(H,20,21). The van der Waals surface area contributed by atoms with Gasteiger partial charge in [0, 0.05) is 19.3 Å². The van der Waals surface area contributed by atoms with Crippen molar-refractivity contribution in [1.29, 1.82) is 0 Å². The maximum absolute atomic E-state index is 12.5. The molecule has 0 saturated carbocycles. The molecule has 0 unspecified atom stereocenters. The van der Waals surface area contributed by atoms with Crippen LogP contribution in [0.3, 0.4) is 0 Å². The Balaban J connectivity index is 1.68. The van der Waals surface area contributed by atoms with Crippen molar-refractivity contribution in [3.63, 3.8) is 0 Å². The Morgan fingerprint density at radius 2 is 1.96 bits per heavy atom. The summed E-state index contributed by atoms with van der Waals surface area (Å²) in [6.45, 7) is 8.26. The first-order valence-electron chi connectivity index (χ1n) is 8.94. The minimum Gasteiger partial charge on any atom is -0.362 e. The van der Waals surface area contributed by atoms with Crippen molar-refractivity contribution >= 4 is 23.3 Å². The number of likely N-dealkylation sites (tertiary alicyclic amines) is 1. The number of carbonyl (C=O) groups excluding carboxylic acids is 1. The Hall–Kier alpha value is -2.15. The highest BCUT2D eigenvalue weighted by Crippen LogP contribution is 2.23. The lowest BCUT2D eigenvalue weighted by Gasteiger charge is -2.26. The first-order chi connectivity index (χ1) is 12.4. The van der Waals surface area contributed by atoms with E-state index in [1.165, 1.54) is 12.7 Å². The van der Waals surface area contributed by atoms with Gasteiger partial charge in [0.2, 0.25) is 0 Å². The van der Waals surface area contributed by atoms with Crippen LogP contribution in [0.5, 0.6) is 0 Å². The maximum atomic E-state index is 12.5. The minimum absolute atomic E-state index is 0.00174. The molecule has 2 aromatic rings. The second-order valence-corrected chi connectivity index (χ2v) is 7.93. The van der Waals surface area contributed by atoms with Crippen molar-refractivity contribution in [2.45, 2.75) is 52.1 Å². The first-order valence-corrected chi connectivity index (χ1v) is 9.32. The highest BCUT2D eigenvalue weighted by molar-refractivity contribution is 6.33. The molecule has 1 fully saturated rings. The molecule has 0 radical (unpaired) electrons. The summed E-state index contributed by atoms with van der Waals surface area (Å²) in [6.07, 6.45) is 6.42. The van der Waals surface area contributed by atoms with Crippen LogP contribution in [0.1, 0.15) is 56.2 Å². The van der Waals surface area contributed by atoms with Crippen molar-refractivity contribution in [3.8, 4) is 0 Å². The van der Waals surface area contributed by atoms with E-state index in [-0.39, 0.29) is 11.4 Å². The van der Waals surface area contributed by atoms with E-state index in [2.05, 4.69) is 41.2 Å². The van der Waals surface area contributed by atoms with Crippen LogP contribution in [0, 0.1) is 0 Å². The number of halogens is 1. The summed E-state index contributed by atoms with van der Waals surface area (Å²) < 4.78 is 1.86. The zero-order valence-electron chi connectivity index (χ0n) is 15.5. The third kappa shape index (κ3) is 4.15. The highest BCUT2D eigenvalue weighted by Gasteiger charge is 2.20. The second kappa shape index (κ2) is 7.61. The van der Waals surface area contributed by atoms with Crippen molar-refractivity contribution < 1.29 is 4.79 Å². The maximum Gasteiger partial charge on any atom is 0.255 e. The van der Waals surface area contributed by atoms with Gasteiger partial charge < -0.3 is 10.2 Å². The van der Waals surface area contributed by atoms with E-state index in [4.69, 9.17) is 11.6 Å². The fourth-order valence-corrected chi connectivity index (χ4v) is 3.31. The van der Waals surface area contributed by atoms with Crippen LogP contribution in [0.4, 0.5) is 5.82 Å². The molecule has 140 valence electrons. The Labute approximate surface area is 158 Å². The summed E-state index contributed by atoms with van der Waals surface area (Å²) >= 11 is 6.34. The van der Waals surface area contributed by atoms with E-state index in [0.29, 0.717) is 22.9 Å². The van der Waals surface area contributed by atoms with Crippen LogP contribution in [-0.2, 0) is 12.1 Å². The lowest BCUT2D eigenvalue weighted by molar-refractivity contribution is 0.0724. The van der Waals surface area contributed by atoms with E-state index < -0.39 is 0 Å². The summed E-state index contributed by atoms with van der Waals surface area (Å²) in [5.74, 6) is 1.33. The van der Waals surface area contributed by atoms with Gasteiger partial charge in [0.1, 0.15) is 18.0 Å². The molecule has 7 nitrogen and oxygen atoms in total. The Morgan fingerprint density at radius 1 is 1.23 bits per heavy atom. The van der Waals surface area contributed by atoms with Gasteiger partial charge >= 0.3 is 0 Å². The Kier molecular flexibility index (Phi) is 5.46. The highest BCUT2D eigenvalue weighted by atomic mass is 35.5. The van der Waals surface area contributed by atoms with E-state index >= 15 is 0 Å². The molecule has 8 heteroatoms. The first kappa shape index (κ1) is 18.6. The molecule has 0 bridgehead atoms. The molecular weight excluding hydrogens is 352 g/mol. The van der Waals surface area contributed by atoms with Crippen LogP contribution < -0.4 is 5.32 Å². The van der Waals surface area contributed by atoms with Crippen molar-refractivity contribution in [2.75, 3.05) is 18.4 Å². The third-order valence-electron chi connectivity index (χ3n) is 4.40. The normalized spacial score (nSPS) is 15.2. The summed E-state index contributed by atoms with van der Waals surface area (Å²) in [5.41, 5.74) is 0.371. The minimum atomic E-state index is -0.157. The van der Waals surface area contributed by atoms with E-state index in [9.17, 15) is 4.79 Å². The Bertz CT molecular complexity index is 776. The summed E-state index contributed by atoms with van der Waals surface area (Å²) in [4.78, 5) is 23.0. The van der Waals surface area contributed by atoms with Gasteiger partial charge in [0.05, 0.1) is 22.7 Å². The van der Waals surface area contributed by atoms with Gasteiger partial charge in [-0.25, -0.2) is 14.6 Å². The number of carbonyl (C=O) groups is 1. The van der Waals surface area contributed by atoms with Crippen LogP contribution in [0.2, 0.25) is 5.02 Å². The van der Waals surface area contributed by atoms with Gasteiger partial charge in [-0.15, -0.1) is 0 Å². The average Bonchev–Trinajstić information content (AvgIpc) is 3.10. The van der Waals surface area contributed by atoms with Crippen molar-refractivity contribution in [2.24, 2.45) is 0 Å². The average molecular weight is 377 g/mol. The van der Waals surface area contributed by atoms with Gasteiger partial charge in [-0.1, -0.05) is 11.6 Å². The zero-order valence-corrected chi connectivity index (χ0v) is 16.3. The fourth-order valence-electron chi connectivity index (χ4n) is 3.07. The lowest BCUT2D eigenvalue weighted by atomic mass is 10.1. The van der Waals surface area contributed by atoms with Gasteiger partial charge in [-0.05, 0) is 46.1 Å². The molecule has 3 heterocycles. The molecular formula is C18H25ClN6O. The molecule has 1 N–H and O–H groups in total. The molecule has 1 amide bonds. The zero-order chi connectivity index (χ0) is 18.7. The van der Waals surface area contributed by atoms with E-state index in [1.54, 1.807) is 12.3 Å². The summed E-state index contributed by atoms with van der Waals surface area (Å²) in [5, 5.41) is 7.88. The van der Waals surface area contributed by atoms with Crippen LogP contribution in [-0.4, -0.2) is 43.6 Å². The number of rotatable bonds is 4. The molecule has 0 aliphatic carbocycles. The number of amides is 1. The van der Waals surface area contributed by atoms with Gasteiger partial charge in [-0.3, -0.25) is 4.79 Å². The number of nitrogens with zero attached hydrogens (tertiary/aromatic N) is 5. The number of pyridine rings is 1. The molecule has 0 aromatic carbocycles. The lowest BCUT2D eigenvalue weighted by Crippen LogP contribution is -2.35. The number of hydrogen-bond donors (Lipinski definition) is 1. The molecule has 3 rings (SSSR count). The van der Waals surface area contributed by atoms with E-state index in [1.807, 2.05) is 9.58 Å². The van der Waals surface area contributed by atoms with E-state index in [0.717, 1.165) is 31.8 Å². The predicted molar refractivity (Wildman–Crippen MR) is 101 cm³/mol. The number of anilines is 1. The monoisotopic (exact) mass is 376 g/mol. The summed E-state index contributed by atoms with van der Waals surface area (Å²) in [7, 11) is 0. The SMILES string of the molecule is CC(C)(C)n1ncnc1CNc1ncc(C(=O)N2CCCCC2)cc1Cl. The summed E-state index contributed by atoms with van der Waals surface area (Å²) in [6, 6.07) is 1.68. The van der Waals surface area contributed by atoms with Gasteiger partial charge in [0.15, 0.2) is 0 Å². The number of nitrogens with one attached hydrogen (secondary N) is 1. The van der Waals surface area contributed by atoms with Gasteiger partial charge in [-0.2, -0.15) is 5.10 Å². The molecule has 1 aliphatic heterocycles. The second-order valence-electron chi connectivity index (χ2n) is 7.52. The predicted octanol–water partition coefficient (Wildman–Crippen LogP) is 3.32. The largest absolute Gasteiger partial charge is 0.362 e. The molecule has 26 heavy (non-hydrogen) atoms. The quantitative estimate of drug-likeness (QED) is 0.885. The topological polar surface area (TPSA) is 75.9 Å². The number of piperidine rings is 1. The third-order valence-corrected chi connectivity index (χ3v) is 4.69. The van der Waals surface area contributed by atoms with Crippen molar-refractivity contribution in [1.82, 2.24) is 24.6 Å². The Morgan fingerprint density at radius 3 is 2.62 bits per heavy atom. The molecule has 0 atom stereocenters. The fraction of sp³-hybridized carbons (Fsp3) is 0.556. The molecule has 0 spiro atoms. The molecule has 1 saturated heterocycles. The number of hydrogen-bond acceptors (Lipinski definition) is 5. The van der Waals surface area contributed by atoms with Gasteiger partial charge in [0.25, 0.3) is 5.91 Å². The van der Waals surface area contributed by atoms with Crippen molar-refractivity contribution in [3.05, 3.63) is 35.0 Å². The number of aromatic nitrogens is 4. The van der Waals surface area contributed by atoms with Crippen LogP contribution in [0.25, 0.3) is 0 Å². The van der Waals surface area contributed by atoms with Crippen LogP contribution in [0.15, 0.2) is 18.6 Å². The van der Waals surface area contributed by atoms with Crippen LogP contribution >= 0.6 is 11.6 Å². The molecule has 2 aromatic heterocycles. The molecule has 1 aliphatic rings.